The molecular weight excluding hydrogens is 224 g/mol. The zero-order chi connectivity index (χ0) is 12.6. The lowest BCUT2D eigenvalue weighted by Gasteiger charge is -2.27. The van der Waals surface area contributed by atoms with Gasteiger partial charge in [-0.15, -0.1) is 0 Å². The van der Waals surface area contributed by atoms with Gasteiger partial charge in [0, 0.05) is 11.8 Å². The van der Waals surface area contributed by atoms with Crippen LogP contribution in [0.4, 0.5) is 0 Å². The maximum atomic E-state index is 11.5. The van der Waals surface area contributed by atoms with E-state index < -0.39 is 6.10 Å². The normalized spacial score (nSPS) is 23.4. The third-order valence-corrected chi connectivity index (χ3v) is 4.27. The minimum Gasteiger partial charge on any atom is -0.387 e. The Bertz CT molecular complexity index is 483. The highest BCUT2D eigenvalue weighted by molar-refractivity contribution is 5.91. The summed E-state index contributed by atoms with van der Waals surface area (Å²) >= 11 is 0. The van der Waals surface area contributed by atoms with Crippen LogP contribution in [0, 0.1) is 5.41 Å². The number of aliphatic hydroxyl groups excluding tert-OH is 1. The molecule has 94 valence electrons. The average Bonchev–Trinajstić information content (AvgIpc) is 3.20. The Hall–Kier alpha value is -1.41. The van der Waals surface area contributed by atoms with Crippen molar-refractivity contribution >= 4 is 5.78 Å². The van der Waals surface area contributed by atoms with Crippen LogP contribution in [-0.4, -0.2) is 10.9 Å². The maximum absolute atomic E-state index is 11.5. The second-order valence-electron chi connectivity index (χ2n) is 5.46. The summed E-state index contributed by atoms with van der Waals surface area (Å²) in [6.07, 6.45) is 5.91. The summed E-state index contributed by atoms with van der Waals surface area (Å²) < 4.78 is 0. The summed E-state index contributed by atoms with van der Waals surface area (Å²) in [7, 11) is 0. The largest absolute Gasteiger partial charge is 0.387 e. The summed E-state index contributed by atoms with van der Waals surface area (Å²) in [5.41, 5.74) is 2.00. The molecule has 0 saturated heterocycles. The molecule has 2 aliphatic rings. The number of carbonyl (C=O) groups excluding carboxylic acids is 1. The molecule has 3 rings (SSSR count). The molecule has 18 heavy (non-hydrogen) atoms. The highest BCUT2D eigenvalue weighted by Gasteiger charge is 2.52. The van der Waals surface area contributed by atoms with Crippen LogP contribution in [0.3, 0.4) is 0 Å². The topological polar surface area (TPSA) is 37.3 Å². The third-order valence-electron chi connectivity index (χ3n) is 4.27. The highest BCUT2D eigenvalue weighted by atomic mass is 16.3. The summed E-state index contributed by atoms with van der Waals surface area (Å²) in [6, 6.07) is 9.80. The number of ketones is 1. The number of rotatable bonds is 3. The van der Waals surface area contributed by atoms with Gasteiger partial charge in [-0.05, 0) is 37.3 Å². The van der Waals surface area contributed by atoms with Gasteiger partial charge in [-0.1, -0.05) is 35.9 Å². The van der Waals surface area contributed by atoms with Crippen molar-refractivity contribution in [1.82, 2.24) is 0 Å². The third kappa shape index (κ3) is 1.91. The van der Waals surface area contributed by atoms with E-state index in [0.29, 0.717) is 6.42 Å². The Labute approximate surface area is 107 Å². The number of aliphatic hydroxyl groups is 1. The predicted octanol–water partition coefficient (Wildman–Crippen LogP) is 3.18. The van der Waals surface area contributed by atoms with Crippen molar-refractivity contribution in [3.8, 4) is 0 Å². The zero-order valence-electron chi connectivity index (χ0n) is 10.4. The summed E-state index contributed by atoms with van der Waals surface area (Å²) in [5, 5.41) is 10.6. The van der Waals surface area contributed by atoms with Gasteiger partial charge in [0.15, 0.2) is 5.78 Å². The van der Waals surface area contributed by atoms with Gasteiger partial charge in [-0.25, -0.2) is 0 Å². The van der Waals surface area contributed by atoms with Crippen LogP contribution in [0.25, 0.3) is 0 Å². The Morgan fingerprint density at radius 2 is 1.83 bits per heavy atom. The molecule has 1 fully saturated rings. The van der Waals surface area contributed by atoms with Crippen molar-refractivity contribution in [2.24, 2.45) is 5.41 Å². The van der Waals surface area contributed by atoms with Crippen LogP contribution < -0.4 is 0 Å². The second kappa shape index (κ2) is 4.36. The van der Waals surface area contributed by atoms with Crippen LogP contribution in [0.15, 0.2) is 42.0 Å². The first-order chi connectivity index (χ1) is 8.72. The summed E-state index contributed by atoms with van der Waals surface area (Å²) in [5.74, 6) is 0.225. The lowest BCUT2D eigenvalue weighted by molar-refractivity contribution is -0.115. The van der Waals surface area contributed by atoms with Gasteiger partial charge in [0.1, 0.15) is 0 Å². The predicted molar refractivity (Wildman–Crippen MR) is 70.0 cm³/mol. The Morgan fingerprint density at radius 1 is 1.11 bits per heavy atom. The molecule has 0 spiro atoms. The first kappa shape index (κ1) is 11.7. The molecule has 0 unspecified atom stereocenters. The minimum atomic E-state index is -0.462. The van der Waals surface area contributed by atoms with Gasteiger partial charge in [0.2, 0.25) is 0 Å². The van der Waals surface area contributed by atoms with E-state index in [-0.39, 0.29) is 11.2 Å². The first-order valence-electron chi connectivity index (χ1n) is 6.69. The van der Waals surface area contributed by atoms with E-state index in [2.05, 4.69) is 0 Å². The molecule has 1 aromatic carbocycles. The van der Waals surface area contributed by atoms with E-state index in [1.807, 2.05) is 30.3 Å². The first-order valence-corrected chi connectivity index (χ1v) is 6.69. The van der Waals surface area contributed by atoms with Crippen LogP contribution in [-0.2, 0) is 4.79 Å². The molecule has 0 radical (unpaired) electrons. The molecule has 0 heterocycles. The molecule has 2 heteroatoms. The lowest BCUT2D eigenvalue weighted by atomic mass is 9.80. The van der Waals surface area contributed by atoms with Crippen molar-refractivity contribution in [3.05, 3.63) is 47.5 Å². The smallest absolute Gasteiger partial charge is 0.155 e. The number of hydrogen-bond donors (Lipinski definition) is 1. The van der Waals surface area contributed by atoms with Gasteiger partial charge in [0.25, 0.3) is 0 Å². The monoisotopic (exact) mass is 242 g/mol. The van der Waals surface area contributed by atoms with E-state index in [1.165, 1.54) is 5.57 Å². The fourth-order valence-electron chi connectivity index (χ4n) is 3.04. The minimum absolute atomic E-state index is 0.141. The molecule has 1 saturated carbocycles. The Kier molecular flexibility index (Phi) is 2.83. The lowest BCUT2D eigenvalue weighted by Crippen LogP contribution is -2.19. The van der Waals surface area contributed by atoms with Crippen LogP contribution in [0.1, 0.15) is 43.8 Å². The van der Waals surface area contributed by atoms with Crippen molar-refractivity contribution < 1.29 is 9.90 Å². The number of carbonyl (C=O) groups is 1. The molecule has 1 aromatic rings. The van der Waals surface area contributed by atoms with E-state index in [0.717, 1.165) is 31.2 Å². The Morgan fingerprint density at radius 3 is 2.44 bits per heavy atom. The van der Waals surface area contributed by atoms with Crippen LogP contribution >= 0.6 is 0 Å². The maximum Gasteiger partial charge on any atom is 0.155 e. The van der Waals surface area contributed by atoms with Gasteiger partial charge in [0.05, 0.1) is 6.10 Å². The fraction of sp³-hybridized carbons (Fsp3) is 0.438. The number of hydrogen-bond acceptors (Lipinski definition) is 2. The summed E-state index contributed by atoms with van der Waals surface area (Å²) in [6.45, 7) is 0. The van der Waals surface area contributed by atoms with Crippen molar-refractivity contribution in [1.29, 1.82) is 0 Å². The van der Waals surface area contributed by atoms with Gasteiger partial charge in [-0.3, -0.25) is 4.79 Å². The molecule has 0 aliphatic heterocycles. The van der Waals surface area contributed by atoms with Gasteiger partial charge < -0.3 is 5.11 Å². The van der Waals surface area contributed by atoms with Crippen molar-refractivity contribution in [3.63, 3.8) is 0 Å². The van der Waals surface area contributed by atoms with Crippen molar-refractivity contribution in [2.75, 3.05) is 0 Å². The highest BCUT2D eigenvalue weighted by Crippen LogP contribution is 2.61. The van der Waals surface area contributed by atoms with Gasteiger partial charge in [-0.2, -0.15) is 0 Å². The van der Waals surface area contributed by atoms with E-state index in [4.69, 9.17) is 0 Å². The molecule has 2 nitrogen and oxygen atoms in total. The van der Waals surface area contributed by atoms with Crippen LogP contribution in [0.2, 0.25) is 0 Å². The van der Waals surface area contributed by atoms with E-state index in [1.54, 1.807) is 6.08 Å². The molecule has 0 amide bonds. The fourth-order valence-corrected chi connectivity index (χ4v) is 3.04. The van der Waals surface area contributed by atoms with E-state index in [9.17, 15) is 9.90 Å². The second-order valence-corrected chi connectivity index (χ2v) is 5.46. The molecule has 1 N–H and O–H groups in total. The molecule has 1 atom stereocenters. The van der Waals surface area contributed by atoms with E-state index >= 15 is 0 Å². The average molecular weight is 242 g/mol. The quantitative estimate of drug-likeness (QED) is 0.884. The van der Waals surface area contributed by atoms with Gasteiger partial charge >= 0.3 is 0 Å². The SMILES string of the molecule is O=C1C=C(C2([C@H](O)c3ccccc3)CC2)CCC1. The molecule has 0 bridgehead atoms. The number of allylic oxidation sites excluding steroid dienone is 1. The molecule has 2 aliphatic carbocycles. The Balaban J connectivity index is 1.89. The van der Waals surface area contributed by atoms with Crippen molar-refractivity contribution in [2.45, 2.75) is 38.2 Å². The standard InChI is InChI=1S/C16H18O2/c17-14-8-4-7-13(11-14)16(9-10-16)15(18)12-5-2-1-3-6-12/h1-3,5-6,11,15,18H,4,7-10H2/t15-/m1/s1. The summed E-state index contributed by atoms with van der Waals surface area (Å²) in [4.78, 5) is 11.5. The molecular formula is C16H18O2. The molecule has 0 aromatic heterocycles. The van der Waals surface area contributed by atoms with Crippen LogP contribution in [0.5, 0.6) is 0 Å². The zero-order valence-corrected chi connectivity index (χ0v) is 10.4. The number of benzene rings is 1.